The zero-order valence-corrected chi connectivity index (χ0v) is 16.6. The lowest BCUT2D eigenvalue weighted by Crippen LogP contribution is -2.33. The Balaban J connectivity index is 1.40. The second-order valence-corrected chi connectivity index (χ2v) is 7.93. The maximum absolute atomic E-state index is 13.9. The van der Waals surface area contributed by atoms with Crippen LogP contribution < -0.4 is 10.6 Å². The summed E-state index contributed by atoms with van der Waals surface area (Å²) in [6.45, 7) is 1.89. The van der Waals surface area contributed by atoms with E-state index < -0.39 is 0 Å². The van der Waals surface area contributed by atoms with Gasteiger partial charge in [0.1, 0.15) is 10.8 Å². The Morgan fingerprint density at radius 1 is 1.24 bits per heavy atom. The van der Waals surface area contributed by atoms with E-state index in [9.17, 15) is 14.0 Å². The van der Waals surface area contributed by atoms with E-state index >= 15 is 0 Å². The van der Waals surface area contributed by atoms with Crippen LogP contribution in [-0.2, 0) is 4.79 Å². The lowest BCUT2D eigenvalue weighted by molar-refractivity contribution is -0.127. The molecule has 1 fully saturated rings. The van der Waals surface area contributed by atoms with Crippen LogP contribution >= 0.6 is 11.3 Å². The summed E-state index contributed by atoms with van der Waals surface area (Å²) in [4.78, 5) is 30.3. The molecule has 1 aromatic heterocycles. The third kappa shape index (κ3) is 4.54. The highest BCUT2D eigenvalue weighted by atomic mass is 32.1. The van der Waals surface area contributed by atoms with Gasteiger partial charge in [-0.2, -0.15) is 0 Å². The average molecular weight is 412 g/mol. The van der Waals surface area contributed by atoms with E-state index in [0.717, 1.165) is 23.2 Å². The summed E-state index contributed by atoms with van der Waals surface area (Å²) in [5.41, 5.74) is 1.88. The molecule has 0 bridgehead atoms. The highest BCUT2D eigenvalue weighted by molar-refractivity contribution is 7.21. The minimum absolute atomic E-state index is 0.182. The molecule has 150 valence electrons. The number of anilines is 1. The molecule has 0 atom stereocenters. The van der Waals surface area contributed by atoms with Crippen molar-refractivity contribution in [2.24, 2.45) is 0 Å². The van der Waals surface area contributed by atoms with E-state index in [4.69, 9.17) is 0 Å². The van der Waals surface area contributed by atoms with E-state index in [-0.39, 0.29) is 17.8 Å². The first-order valence-electron chi connectivity index (χ1n) is 9.58. The van der Waals surface area contributed by atoms with Crippen LogP contribution in [-0.4, -0.2) is 41.5 Å². The van der Waals surface area contributed by atoms with Crippen molar-refractivity contribution in [1.29, 1.82) is 0 Å². The van der Waals surface area contributed by atoms with Gasteiger partial charge in [0.05, 0.1) is 15.9 Å². The maximum Gasteiger partial charge on any atom is 0.319 e. The van der Waals surface area contributed by atoms with Gasteiger partial charge in [0, 0.05) is 31.6 Å². The summed E-state index contributed by atoms with van der Waals surface area (Å²) in [5.74, 6) is -0.207. The van der Waals surface area contributed by atoms with E-state index in [1.807, 2.05) is 29.2 Å². The summed E-state index contributed by atoms with van der Waals surface area (Å²) in [5, 5.41) is 6.23. The zero-order valence-electron chi connectivity index (χ0n) is 15.8. The number of carbonyl (C=O) groups is 2. The highest BCUT2D eigenvalue weighted by Gasteiger charge is 2.19. The second-order valence-electron chi connectivity index (χ2n) is 6.90. The smallest absolute Gasteiger partial charge is 0.319 e. The van der Waals surface area contributed by atoms with Gasteiger partial charge < -0.3 is 15.5 Å². The van der Waals surface area contributed by atoms with Gasteiger partial charge in [-0.25, -0.2) is 14.2 Å². The van der Waals surface area contributed by atoms with Gasteiger partial charge in [-0.05, 0) is 43.2 Å². The number of nitrogens with zero attached hydrogens (tertiary/aromatic N) is 2. The van der Waals surface area contributed by atoms with Gasteiger partial charge in [-0.15, -0.1) is 11.3 Å². The lowest BCUT2D eigenvalue weighted by atomic mass is 10.2. The first-order valence-corrected chi connectivity index (χ1v) is 10.4. The van der Waals surface area contributed by atoms with Crippen LogP contribution in [0.25, 0.3) is 20.8 Å². The van der Waals surface area contributed by atoms with Gasteiger partial charge in [0.15, 0.2) is 0 Å². The number of benzene rings is 2. The van der Waals surface area contributed by atoms with Crippen LogP contribution in [0.15, 0.2) is 42.5 Å². The molecule has 0 unspecified atom stereocenters. The van der Waals surface area contributed by atoms with Crippen LogP contribution in [0.2, 0.25) is 0 Å². The summed E-state index contributed by atoms with van der Waals surface area (Å²) in [6.07, 6.45) is 2.21. The molecule has 4 rings (SSSR count). The van der Waals surface area contributed by atoms with E-state index in [1.54, 1.807) is 6.07 Å². The SMILES string of the molecule is O=C(NCCCN1CCCC1=O)Nc1ccc(F)cc1-c1nc2ccccc2s1. The Kier molecular flexibility index (Phi) is 5.71. The minimum atomic E-state index is -0.388. The molecule has 1 aliphatic heterocycles. The Bertz CT molecular complexity index is 1020. The van der Waals surface area contributed by atoms with Crippen molar-refractivity contribution in [2.75, 3.05) is 25.0 Å². The monoisotopic (exact) mass is 412 g/mol. The first kappa shape index (κ1) is 19.3. The molecule has 8 heteroatoms. The number of halogens is 1. The Hall–Kier alpha value is -3.00. The number of fused-ring (bicyclic) bond motifs is 1. The molecule has 2 aromatic carbocycles. The third-order valence-corrected chi connectivity index (χ3v) is 5.89. The van der Waals surface area contributed by atoms with E-state index in [2.05, 4.69) is 15.6 Å². The molecule has 29 heavy (non-hydrogen) atoms. The molecule has 2 N–H and O–H groups in total. The molecule has 3 aromatic rings. The number of urea groups is 1. The number of rotatable bonds is 6. The quantitative estimate of drug-likeness (QED) is 0.595. The zero-order chi connectivity index (χ0) is 20.2. The van der Waals surface area contributed by atoms with Crippen molar-refractivity contribution in [2.45, 2.75) is 19.3 Å². The summed E-state index contributed by atoms with van der Waals surface area (Å²) >= 11 is 1.45. The number of amides is 3. The molecule has 0 radical (unpaired) electrons. The minimum Gasteiger partial charge on any atom is -0.343 e. The summed E-state index contributed by atoms with van der Waals surface area (Å²) < 4.78 is 14.9. The number of nitrogens with one attached hydrogen (secondary N) is 2. The molecule has 0 spiro atoms. The Morgan fingerprint density at radius 2 is 2.10 bits per heavy atom. The number of hydrogen-bond acceptors (Lipinski definition) is 4. The van der Waals surface area contributed by atoms with Crippen molar-refractivity contribution in [3.63, 3.8) is 0 Å². The van der Waals surface area contributed by atoms with Crippen molar-refractivity contribution in [1.82, 2.24) is 15.2 Å². The number of likely N-dealkylation sites (tertiary alicyclic amines) is 1. The largest absolute Gasteiger partial charge is 0.343 e. The fourth-order valence-electron chi connectivity index (χ4n) is 3.37. The Morgan fingerprint density at radius 3 is 2.90 bits per heavy atom. The van der Waals surface area contributed by atoms with Crippen LogP contribution in [0.1, 0.15) is 19.3 Å². The van der Waals surface area contributed by atoms with Gasteiger partial charge in [0.25, 0.3) is 0 Å². The topological polar surface area (TPSA) is 74.3 Å². The number of thiazole rings is 1. The third-order valence-electron chi connectivity index (χ3n) is 4.82. The van der Waals surface area contributed by atoms with Gasteiger partial charge in [-0.3, -0.25) is 4.79 Å². The van der Waals surface area contributed by atoms with E-state index in [1.165, 1.54) is 23.5 Å². The molecule has 1 saturated heterocycles. The molecule has 0 saturated carbocycles. The number of hydrogen-bond donors (Lipinski definition) is 2. The standard InChI is InChI=1S/C21H21FN4O2S/c22-14-8-9-16(15(13-14)20-24-17-5-1-2-6-18(17)29-20)25-21(28)23-10-4-12-26-11-3-7-19(26)27/h1-2,5-6,8-9,13H,3-4,7,10-12H2,(H2,23,25,28). The fourth-order valence-corrected chi connectivity index (χ4v) is 4.36. The molecular formula is C21H21FN4O2S. The van der Waals surface area contributed by atoms with Crippen molar-refractivity contribution in [3.8, 4) is 10.6 Å². The van der Waals surface area contributed by atoms with Gasteiger partial charge in [0.2, 0.25) is 5.91 Å². The normalized spacial score (nSPS) is 13.8. The fraction of sp³-hybridized carbons (Fsp3) is 0.286. The maximum atomic E-state index is 13.9. The molecule has 1 aliphatic rings. The molecule has 2 heterocycles. The highest BCUT2D eigenvalue weighted by Crippen LogP contribution is 2.35. The predicted molar refractivity (Wildman–Crippen MR) is 112 cm³/mol. The van der Waals surface area contributed by atoms with Crippen LogP contribution in [0, 0.1) is 5.82 Å². The number of carbonyl (C=O) groups excluding carboxylic acids is 2. The molecule has 3 amide bonds. The van der Waals surface area contributed by atoms with Crippen LogP contribution in [0.5, 0.6) is 0 Å². The van der Waals surface area contributed by atoms with E-state index in [0.29, 0.717) is 42.2 Å². The van der Waals surface area contributed by atoms with Crippen molar-refractivity contribution in [3.05, 3.63) is 48.3 Å². The van der Waals surface area contributed by atoms with Crippen LogP contribution in [0.4, 0.5) is 14.9 Å². The molecule has 0 aliphatic carbocycles. The average Bonchev–Trinajstić information content (AvgIpc) is 3.32. The number of para-hydroxylation sites is 1. The van der Waals surface area contributed by atoms with Crippen molar-refractivity contribution < 1.29 is 14.0 Å². The second kappa shape index (κ2) is 8.57. The lowest BCUT2D eigenvalue weighted by Gasteiger charge is -2.15. The summed E-state index contributed by atoms with van der Waals surface area (Å²) in [7, 11) is 0. The predicted octanol–water partition coefficient (Wildman–Crippen LogP) is 4.24. The van der Waals surface area contributed by atoms with Gasteiger partial charge in [-0.1, -0.05) is 12.1 Å². The summed E-state index contributed by atoms with van der Waals surface area (Å²) in [6, 6.07) is 11.6. The Labute approximate surface area is 171 Å². The number of aromatic nitrogens is 1. The first-order chi connectivity index (χ1) is 14.1. The van der Waals surface area contributed by atoms with Crippen molar-refractivity contribution >= 4 is 39.2 Å². The van der Waals surface area contributed by atoms with Crippen LogP contribution in [0.3, 0.4) is 0 Å². The molecular weight excluding hydrogens is 391 g/mol. The molecule has 6 nitrogen and oxygen atoms in total. The van der Waals surface area contributed by atoms with Gasteiger partial charge >= 0.3 is 6.03 Å².